The molecule has 0 saturated carbocycles. The fourth-order valence-corrected chi connectivity index (χ4v) is 3.89. The largest absolute Gasteiger partial charge is 0.489 e. The summed E-state index contributed by atoms with van der Waals surface area (Å²) in [6.45, 7) is 2.80. The second-order valence-corrected chi connectivity index (χ2v) is 8.51. The minimum absolute atomic E-state index is 0.0707. The lowest BCUT2D eigenvalue weighted by atomic mass is 9.99. The van der Waals surface area contributed by atoms with E-state index in [9.17, 15) is 9.59 Å². The highest BCUT2D eigenvalue weighted by atomic mass is 16.5. The Labute approximate surface area is 211 Å². The summed E-state index contributed by atoms with van der Waals surface area (Å²) in [7, 11) is 0. The SMILES string of the molecule is CCc1ccc(C(=O)Cc2ccc(C(N)=O)cc2OCc2ccccc2)cc1OCc1ccccc1. The summed E-state index contributed by atoms with van der Waals surface area (Å²) in [5.74, 6) is 0.553. The molecule has 5 heteroatoms. The van der Waals surface area contributed by atoms with E-state index in [-0.39, 0.29) is 12.2 Å². The monoisotopic (exact) mass is 479 g/mol. The molecule has 4 aromatic rings. The lowest BCUT2D eigenvalue weighted by Gasteiger charge is -2.14. The van der Waals surface area contributed by atoms with Crippen molar-refractivity contribution in [1.29, 1.82) is 0 Å². The van der Waals surface area contributed by atoms with Gasteiger partial charge in [0.1, 0.15) is 24.7 Å². The van der Waals surface area contributed by atoms with Crippen LogP contribution in [0.5, 0.6) is 11.5 Å². The van der Waals surface area contributed by atoms with Gasteiger partial charge in [0.05, 0.1) is 0 Å². The number of primary amides is 1. The molecule has 0 aliphatic rings. The van der Waals surface area contributed by atoms with Crippen LogP contribution in [0, 0.1) is 0 Å². The van der Waals surface area contributed by atoms with Gasteiger partial charge in [0, 0.05) is 23.1 Å². The molecule has 0 heterocycles. The molecule has 5 nitrogen and oxygen atoms in total. The molecular weight excluding hydrogens is 450 g/mol. The van der Waals surface area contributed by atoms with Crippen molar-refractivity contribution in [3.8, 4) is 11.5 Å². The van der Waals surface area contributed by atoms with Gasteiger partial charge in [-0.1, -0.05) is 85.8 Å². The molecule has 182 valence electrons. The van der Waals surface area contributed by atoms with E-state index in [4.69, 9.17) is 15.2 Å². The molecule has 0 spiro atoms. The highest BCUT2D eigenvalue weighted by Crippen LogP contribution is 2.26. The Morgan fingerprint density at radius 2 is 1.17 bits per heavy atom. The van der Waals surface area contributed by atoms with Gasteiger partial charge in [-0.3, -0.25) is 9.59 Å². The van der Waals surface area contributed by atoms with Gasteiger partial charge in [0.15, 0.2) is 5.78 Å². The highest BCUT2D eigenvalue weighted by molar-refractivity contribution is 5.99. The van der Waals surface area contributed by atoms with E-state index in [1.54, 1.807) is 18.2 Å². The molecule has 2 N–H and O–H groups in total. The van der Waals surface area contributed by atoms with Crippen molar-refractivity contribution in [3.05, 3.63) is 130 Å². The topological polar surface area (TPSA) is 78.6 Å². The van der Waals surface area contributed by atoms with Gasteiger partial charge in [-0.05, 0) is 41.3 Å². The second-order valence-electron chi connectivity index (χ2n) is 8.51. The standard InChI is InChI=1S/C31H29NO4/c1-2-24-13-14-25(18-29(24)35-20-22-9-5-3-6-10-22)28(33)17-26-15-16-27(31(32)34)19-30(26)36-21-23-11-7-4-8-12-23/h3-16,18-19H,2,17,20-21H2,1H3,(H2,32,34). The Hall–Kier alpha value is -4.38. The summed E-state index contributed by atoms with van der Waals surface area (Å²) < 4.78 is 12.1. The van der Waals surface area contributed by atoms with Crippen molar-refractivity contribution in [2.45, 2.75) is 33.0 Å². The van der Waals surface area contributed by atoms with Crippen LogP contribution < -0.4 is 15.2 Å². The summed E-state index contributed by atoms with van der Waals surface area (Å²) in [5, 5.41) is 0. The summed E-state index contributed by atoms with van der Waals surface area (Å²) in [5.41, 5.74) is 10.1. The van der Waals surface area contributed by atoms with Crippen LogP contribution in [0.1, 0.15) is 49.9 Å². The summed E-state index contributed by atoms with van der Waals surface area (Å²) in [6, 6.07) is 30.2. The van der Waals surface area contributed by atoms with Crippen molar-refractivity contribution in [2.75, 3.05) is 0 Å². The predicted octanol–water partition coefficient (Wildman–Crippen LogP) is 5.93. The number of amides is 1. The van der Waals surface area contributed by atoms with Crippen molar-refractivity contribution in [2.24, 2.45) is 5.73 Å². The molecule has 0 aliphatic heterocycles. The molecule has 0 atom stereocenters. The number of benzene rings is 4. The molecule has 0 bridgehead atoms. The van der Waals surface area contributed by atoms with Crippen LogP contribution in [-0.4, -0.2) is 11.7 Å². The average Bonchev–Trinajstić information content (AvgIpc) is 2.92. The number of hydrogen-bond acceptors (Lipinski definition) is 4. The first-order valence-electron chi connectivity index (χ1n) is 12.0. The number of ketones is 1. The summed E-state index contributed by atoms with van der Waals surface area (Å²) in [6.07, 6.45) is 0.914. The van der Waals surface area contributed by atoms with Crippen LogP contribution >= 0.6 is 0 Å². The number of Topliss-reactive ketones (excluding diaryl/α,β-unsaturated/α-hetero) is 1. The Bertz CT molecular complexity index is 1330. The summed E-state index contributed by atoms with van der Waals surface area (Å²) >= 11 is 0. The molecule has 0 unspecified atom stereocenters. The van der Waals surface area contributed by atoms with Gasteiger partial charge in [0.2, 0.25) is 5.91 Å². The lowest BCUT2D eigenvalue weighted by molar-refractivity contribution is 0.0988. The maximum atomic E-state index is 13.3. The first-order chi connectivity index (χ1) is 17.5. The molecule has 4 rings (SSSR count). The maximum absolute atomic E-state index is 13.3. The Morgan fingerprint density at radius 3 is 1.72 bits per heavy atom. The van der Waals surface area contributed by atoms with Gasteiger partial charge in [-0.25, -0.2) is 0 Å². The quantitative estimate of drug-likeness (QED) is 0.270. The Morgan fingerprint density at radius 1 is 0.667 bits per heavy atom. The van der Waals surface area contributed by atoms with Crippen LogP contribution in [0.25, 0.3) is 0 Å². The molecule has 4 aromatic carbocycles. The third-order valence-electron chi connectivity index (χ3n) is 5.95. The minimum Gasteiger partial charge on any atom is -0.489 e. The van der Waals surface area contributed by atoms with E-state index in [2.05, 4.69) is 6.92 Å². The van der Waals surface area contributed by atoms with E-state index in [1.165, 1.54) is 0 Å². The normalized spacial score (nSPS) is 10.6. The van der Waals surface area contributed by atoms with Crippen molar-refractivity contribution < 1.29 is 19.1 Å². The maximum Gasteiger partial charge on any atom is 0.248 e. The molecular formula is C31H29NO4. The number of carbonyl (C=O) groups excluding carboxylic acids is 2. The van der Waals surface area contributed by atoms with Gasteiger partial charge in [-0.2, -0.15) is 0 Å². The molecule has 0 saturated heterocycles. The third kappa shape index (κ3) is 6.39. The van der Waals surface area contributed by atoms with Crippen LogP contribution in [0.3, 0.4) is 0 Å². The van der Waals surface area contributed by atoms with Crippen molar-refractivity contribution in [1.82, 2.24) is 0 Å². The van der Waals surface area contributed by atoms with Crippen LogP contribution in [0.15, 0.2) is 97.1 Å². The molecule has 0 fully saturated rings. The van der Waals surface area contributed by atoms with E-state index in [1.807, 2.05) is 78.9 Å². The Kier molecular flexibility index (Phi) is 8.14. The number of carbonyl (C=O) groups is 2. The molecule has 0 radical (unpaired) electrons. The number of hydrogen-bond donors (Lipinski definition) is 1. The number of aryl methyl sites for hydroxylation is 1. The highest BCUT2D eigenvalue weighted by Gasteiger charge is 2.16. The van der Waals surface area contributed by atoms with Gasteiger partial charge in [-0.15, -0.1) is 0 Å². The van der Waals surface area contributed by atoms with E-state index >= 15 is 0 Å². The van der Waals surface area contributed by atoms with Crippen LogP contribution in [0.4, 0.5) is 0 Å². The molecule has 1 amide bonds. The van der Waals surface area contributed by atoms with Gasteiger partial charge in [0.25, 0.3) is 0 Å². The number of ether oxygens (including phenoxy) is 2. The zero-order valence-electron chi connectivity index (χ0n) is 20.3. The fraction of sp³-hybridized carbons (Fsp3) is 0.161. The first-order valence-corrected chi connectivity index (χ1v) is 12.0. The van der Waals surface area contributed by atoms with Crippen LogP contribution in [-0.2, 0) is 26.1 Å². The zero-order chi connectivity index (χ0) is 25.3. The first kappa shape index (κ1) is 24.7. The van der Waals surface area contributed by atoms with E-state index in [0.29, 0.717) is 41.4 Å². The molecule has 0 aliphatic carbocycles. The van der Waals surface area contributed by atoms with E-state index in [0.717, 1.165) is 23.1 Å². The second kappa shape index (κ2) is 11.8. The zero-order valence-corrected chi connectivity index (χ0v) is 20.3. The van der Waals surface area contributed by atoms with Crippen molar-refractivity contribution >= 4 is 11.7 Å². The number of nitrogens with two attached hydrogens (primary N) is 1. The molecule has 36 heavy (non-hydrogen) atoms. The summed E-state index contributed by atoms with van der Waals surface area (Å²) in [4.78, 5) is 25.0. The third-order valence-corrected chi connectivity index (χ3v) is 5.95. The fourth-order valence-electron chi connectivity index (χ4n) is 3.89. The van der Waals surface area contributed by atoms with Gasteiger partial charge >= 0.3 is 0 Å². The minimum atomic E-state index is -0.548. The lowest BCUT2D eigenvalue weighted by Crippen LogP contribution is -2.12. The van der Waals surface area contributed by atoms with E-state index < -0.39 is 5.91 Å². The predicted molar refractivity (Wildman–Crippen MR) is 140 cm³/mol. The van der Waals surface area contributed by atoms with Crippen molar-refractivity contribution in [3.63, 3.8) is 0 Å². The molecule has 0 aromatic heterocycles. The number of rotatable bonds is 11. The van der Waals surface area contributed by atoms with Crippen LogP contribution in [0.2, 0.25) is 0 Å². The average molecular weight is 480 g/mol. The van der Waals surface area contributed by atoms with Gasteiger partial charge < -0.3 is 15.2 Å². The smallest absolute Gasteiger partial charge is 0.248 e. The Balaban J connectivity index is 1.54.